The summed E-state index contributed by atoms with van der Waals surface area (Å²) in [5, 5.41) is 17.3. The number of hydrogen-bond donors (Lipinski definition) is 4. The van der Waals surface area contributed by atoms with E-state index in [4.69, 9.17) is 10.6 Å². The smallest absolute Gasteiger partial charge is 0.268 e. The third kappa shape index (κ3) is 3.88. The van der Waals surface area contributed by atoms with Crippen LogP contribution in [0.5, 0.6) is 0 Å². The first-order valence-electron chi connectivity index (χ1n) is 8.88. The molecule has 2 saturated heterocycles. The molecule has 0 radical (unpaired) electrons. The Morgan fingerprint density at radius 1 is 1.50 bits per heavy atom. The fourth-order valence-corrected chi connectivity index (χ4v) is 3.54. The molecule has 2 heterocycles. The molecule has 5 N–H and O–H groups in total. The third-order valence-electron chi connectivity index (χ3n) is 5.05. The van der Waals surface area contributed by atoms with Crippen LogP contribution in [0.3, 0.4) is 0 Å². The average molecular weight is 362 g/mol. The first-order chi connectivity index (χ1) is 12.4. The molecule has 4 atom stereocenters. The standard InChI is InChI=1S/C18H26N4O4/c1-12(23)15(16(19)24)20-9-14-7-8-18(21-14)11-22(17(18)25)26-10-13-5-3-2-4-6-13/h2-6,12,14-15,20-21,23H,7-11H2,1H3,(H2,19,24)/t12-,14?,15+,18?/m1/s1. The van der Waals surface area contributed by atoms with Crippen molar-refractivity contribution in [2.75, 3.05) is 13.1 Å². The maximum Gasteiger partial charge on any atom is 0.268 e. The van der Waals surface area contributed by atoms with Crippen molar-refractivity contribution in [2.24, 2.45) is 5.73 Å². The highest BCUT2D eigenvalue weighted by atomic mass is 16.7. The number of nitrogens with two attached hydrogens (primary N) is 1. The van der Waals surface area contributed by atoms with Crippen molar-refractivity contribution in [3.05, 3.63) is 35.9 Å². The van der Waals surface area contributed by atoms with Gasteiger partial charge < -0.3 is 16.2 Å². The van der Waals surface area contributed by atoms with Gasteiger partial charge in [-0.05, 0) is 25.3 Å². The molecular weight excluding hydrogens is 336 g/mol. The van der Waals surface area contributed by atoms with E-state index in [1.807, 2.05) is 30.3 Å². The molecule has 0 bridgehead atoms. The van der Waals surface area contributed by atoms with Gasteiger partial charge in [0.05, 0.1) is 12.6 Å². The number of β-lactam (4-membered cyclic amide) rings is 1. The summed E-state index contributed by atoms with van der Waals surface area (Å²) in [5.41, 5.74) is 5.71. The predicted octanol–water partition coefficient (Wildman–Crippen LogP) is -0.724. The van der Waals surface area contributed by atoms with Crippen LogP contribution in [0.4, 0.5) is 0 Å². The van der Waals surface area contributed by atoms with Crippen LogP contribution in [-0.4, -0.2) is 58.8 Å². The number of primary amides is 1. The van der Waals surface area contributed by atoms with E-state index in [1.165, 1.54) is 12.0 Å². The molecule has 1 aromatic carbocycles. The van der Waals surface area contributed by atoms with E-state index in [1.54, 1.807) is 0 Å². The summed E-state index contributed by atoms with van der Waals surface area (Å²) in [6.07, 6.45) is 0.658. The van der Waals surface area contributed by atoms with Gasteiger partial charge in [-0.25, -0.2) is 5.06 Å². The summed E-state index contributed by atoms with van der Waals surface area (Å²) in [6, 6.07) is 8.94. The van der Waals surface area contributed by atoms with E-state index in [2.05, 4.69) is 10.6 Å². The quantitative estimate of drug-likeness (QED) is 0.453. The van der Waals surface area contributed by atoms with Gasteiger partial charge in [0.2, 0.25) is 5.91 Å². The van der Waals surface area contributed by atoms with Crippen molar-refractivity contribution in [1.82, 2.24) is 15.7 Å². The monoisotopic (exact) mass is 362 g/mol. The Kier molecular flexibility index (Phi) is 5.57. The number of amides is 2. The molecule has 2 aliphatic rings. The Morgan fingerprint density at radius 2 is 2.23 bits per heavy atom. The number of aliphatic hydroxyl groups excluding tert-OH is 1. The topological polar surface area (TPSA) is 117 Å². The molecule has 0 aromatic heterocycles. The number of nitrogens with one attached hydrogen (secondary N) is 2. The van der Waals surface area contributed by atoms with Gasteiger partial charge in [0, 0.05) is 12.6 Å². The SMILES string of the molecule is C[C@@H](O)[C@H](NCC1CCC2(CN(OCc3ccccc3)C2=O)N1)C(N)=O. The first-order valence-corrected chi connectivity index (χ1v) is 8.88. The highest BCUT2D eigenvalue weighted by molar-refractivity contribution is 5.92. The van der Waals surface area contributed by atoms with Crippen LogP contribution in [0.15, 0.2) is 30.3 Å². The maximum absolute atomic E-state index is 12.5. The van der Waals surface area contributed by atoms with Gasteiger partial charge in [-0.3, -0.25) is 19.7 Å². The second-order valence-electron chi connectivity index (χ2n) is 7.09. The highest BCUT2D eigenvalue weighted by Crippen LogP contribution is 2.34. The molecule has 26 heavy (non-hydrogen) atoms. The summed E-state index contributed by atoms with van der Waals surface area (Å²) in [7, 11) is 0. The lowest BCUT2D eigenvalue weighted by Gasteiger charge is -2.45. The van der Waals surface area contributed by atoms with Gasteiger partial charge in [0.25, 0.3) is 5.91 Å². The van der Waals surface area contributed by atoms with E-state index in [0.29, 0.717) is 19.7 Å². The van der Waals surface area contributed by atoms with Crippen LogP contribution in [0.2, 0.25) is 0 Å². The molecule has 2 fully saturated rings. The van der Waals surface area contributed by atoms with E-state index in [0.717, 1.165) is 18.4 Å². The van der Waals surface area contributed by atoms with Crippen LogP contribution in [0.1, 0.15) is 25.3 Å². The third-order valence-corrected chi connectivity index (χ3v) is 5.05. The molecule has 8 heteroatoms. The number of hydroxylamine groups is 2. The molecule has 8 nitrogen and oxygen atoms in total. The van der Waals surface area contributed by atoms with Gasteiger partial charge >= 0.3 is 0 Å². The molecule has 2 amide bonds. The van der Waals surface area contributed by atoms with Crippen molar-refractivity contribution in [1.29, 1.82) is 0 Å². The van der Waals surface area contributed by atoms with Crippen molar-refractivity contribution >= 4 is 11.8 Å². The number of benzene rings is 1. The average Bonchev–Trinajstić information content (AvgIpc) is 3.05. The Balaban J connectivity index is 1.45. The van der Waals surface area contributed by atoms with Crippen molar-refractivity contribution in [3.8, 4) is 0 Å². The van der Waals surface area contributed by atoms with Crippen molar-refractivity contribution in [2.45, 2.75) is 50.1 Å². The number of nitrogens with zero attached hydrogens (tertiary/aromatic N) is 1. The van der Waals surface area contributed by atoms with Crippen LogP contribution in [-0.2, 0) is 21.0 Å². The maximum atomic E-state index is 12.5. The van der Waals surface area contributed by atoms with E-state index < -0.39 is 23.6 Å². The van der Waals surface area contributed by atoms with Gasteiger partial charge in [0.15, 0.2) is 0 Å². The van der Waals surface area contributed by atoms with Crippen LogP contribution in [0, 0.1) is 0 Å². The fourth-order valence-electron chi connectivity index (χ4n) is 3.54. The summed E-state index contributed by atoms with van der Waals surface area (Å²) >= 11 is 0. The van der Waals surface area contributed by atoms with E-state index >= 15 is 0 Å². The van der Waals surface area contributed by atoms with Gasteiger partial charge in [0.1, 0.15) is 18.2 Å². The Labute approximate surface area is 152 Å². The fraction of sp³-hybridized carbons (Fsp3) is 0.556. The molecule has 0 aliphatic carbocycles. The lowest BCUT2D eigenvalue weighted by Crippen LogP contribution is -2.72. The second-order valence-corrected chi connectivity index (χ2v) is 7.09. The number of carbonyl (C=O) groups excluding carboxylic acids is 2. The Morgan fingerprint density at radius 3 is 2.85 bits per heavy atom. The van der Waals surface area contributed by atoms with Crippen molar-refractivity contribution in [3.63, 3.8) is 0 Å². The summed E-state index contributed by atoms with van der Waals surface area (Å²) in [4.78, 5) is 29.4. The van der Waals surface area contributed by atoms with Gasteiger partial charge in [-0.15, -0.1) is 0 Å². The molecule has 0 saturated carbocycles. The van der Waals surface area contributed by atoms with Gasteiger partial charge in [-0.1, -0.05) is 30.3 Å². The molecule has 3 rings (SSSR count). The zero-order chi connectivity index (χ0) is 18.7. The molecule has 1 aromatic rings. The highest BCUT2D eigenvalue weighted by Gasteiger charge is 2.56. The lowest BCUT2D eigenvalue weighted by atomic mass is 9.89. The predicted molar refractivity (Wildman–Crippen MR) is 94.5 cm³/mol. The number of hydrogen-bond acceptors (Lipinski definition) is 6. The van der Waals surface area contributed by atoms with Gasteiger partial charge in [-0.2, -0.15) is 0 Å². The first kappa shape index (κ1) is 18.8. The Bertz CT molecular complexity index is 654. The summed E-state index contributed by atoms with van der Waals surface area (Å²) < 4.78 is 0. The summed E-state index contributed by atoms with van der Waals surface area (Å²) in [5.74, 6) is -0.647. The number of rotatable bonds is 8. The second kappa shape index (κ2) is 7.71. The van der Waals surface area contributed by atoms with Crippen LogP contribution in [0.25, 0.3) is 0 Å². The molecular formula is C18H26N4O4. The normalized spacial score (nSPS) is 27.4. The lowest BCUT2D eigenvalue weighted by molar-refractivity contribution is -0.231. The van der Waals surface area contributed by atoms with Crippen LogP contribution >= 0.6 is 0 Å². The molecule has 2 unspecified atom stereocenters. The molecule has 1 spiro atoms. The summed E-state index contributed by atoms with van der Waals surface area (Å²) in [6.45, 7) is 2.84. The number of aliphatic hydroxyl groups is 1. The minimum atomic E-state index is -0.866. The zero-order valence-corrected chi connectivity index (χ0v) is 14.9. The minimum Gasteiger partial charge on any atom is -0.391 e. The largest absolute Gasteiger partial charge is 0.391 e. The van der Waals surface area contributed by atoms with E-state index in [9.17, 15) is 14.7 Å². The minimum absolute atomic E-state index is 0.0378. The van der Waals surface area contributed by atoms with Crippen molar-refractivity contribution < 1.29 is 19.5 Å². The van der Waals surface area contributed by atoms with Crippen LogP contribution < -0.4 is 16.4 Å². The van der Waals surface area contributed by atoms with E-state index in [-0.39, 0.29) is 11.9 Å². The molecule has 142 valence electrons. The zero-order valence-electron chi connectivity index (χ0n) is 14.9. The molecule has 2 aliphatic heterocycles. The Hall–Kier alpha value is -2.00. The number of carbonyl (C=O) groups is 2.